The number of rotatable bonds is 4. The van der Waals surface area contributed by atoms with Crippen molar-refractivity contribution >= 4 is 27.3 Å². The van der Waals surface area contributed by atoms with Crippen LogP contribution in [-0.2, 0) is 14.8 Å². The summed E-state index contributed by atoms with van der Waals surface area (Å²) in [5, 5.41) is 2.86. The molecule has 0 radical (unpaired) electrons. The normalized spacial score (nSPS) is 15.6. The maximum absolute atomic E-state index is 13.5. The Hall–Kier alpha value is -3.32. The molecule has 3 aromatic rings. The number of amides is 1. The molecule has 1 N–H and O–H groups in total. The van der Waals surface area contributed by atoms with Gasteiger partial charge in [-0.3, -0.25) is 9.10 Å². The van der Waals surface area contributed by atoms with Crippen molar-refractivity contribution in [3.63, 3.8) is 0 Å². The van der Waals surface area contributed by atoms with Crippen LogP contribution in [0.3, 0.4) is 0 Å². The predicted molar refractivity (Wildman–Crippen MR) is 126 cm³/mol. The first-order valence-corrected chi connectivity index (χ1v) is 11.8. The average Bonchev–Trinajstić information content (AvgIpc) is 2.75. The Labute approximate surface area is 188 Å². The van der Waals surface area contributed by atoms with Crippen LogP contribution in [0.1, 0.15) is 22.3 Å². The molecule has 1 amide bonds. The molecule has 0 saturated carbocycles. The van der Waals surface area contributed by atoms with E-state index in [1.807, 2.05) is 52.0 Å². The molecular weight excluding hydrogens is 424 g/mol. The predicted octanol–water partition coefficient (Wildman–Crippen LogP) is 4.52. The van der Waals surface area contributed by atoms with Crippen LogP contribution < -0.4 is 14.4 Å². The topological polar surface area (TPSA) is 75.7 Å². The SMILES string of the molecule is Cc1ccc(S(=O)(=O)N2C[C@@H](C(=O)Nc3ccc(C)c(C)c3)Oc3ccc(C)cc32)cc1. The summed E-state index contributed by atoms with van der Waals surface area (Å²) in [6.07, 6.45) is -0.993. The summed E-state index contributed by atoms with van der Waals surface area (Å²) in [5.74, 6) is -0.0404. The van der Waals surface area contributed by atoms with Gasteiger partial charge in [-0.1, -0.05) is 29.8 Å². The fraction of sp³-hybridized carbons (Fsp3) is 0.240. The molecule has 0 saturated heterocycles. The number of carbonyl (C=O) groups excluding carboxylic acids is 1. The van der Waals surface area contributed by atoms with Gasteiger partial charge in [0, 0.05) is 5.69 Å². The number of hydrogen-bond donors (Lipinski definition) is 1. The smallest absolute Gasteiger partial charge is 0.267 e. The summed E-state index contributed by atoms with van der Waals surface area (Å²) >= 11 is 0. The lowest BCUT2D eigenvalue weighted by Gasteiger charge is -2.35. The molecule has 0 aliphatic carbocycles. The summed E-state index contributed by atoms with van der Waals surface area (Å²) in [7, 11) is -3.89. The highest BCUT2D eigenvalue weighted by atomic mass is 32.2. The number of ether oxygens (including phenoxy) is 1. The van der Waals surface area contributed by atoms with Gasteiger partial charge in [0.2, 0.25) is 0 Å². The average molecular weight is 451 g/mol. The van der Waals surface area contributed by atoms with Crippen molar-refractivity contribution in [1.82, 2.24) is 0 Å². The number of hydrogen-bond acceptors (Lipinski definition) is 4. The first-order chi connectivity index (χ1) is 15.1. The Kier molecular flexibility index (Phi) is 5.69. The molecule has 0 spiro atoms. The molecule has 1 aliphatic heterocycles. The zero-order valence-corrected chi connectivity index (χ0v) is 19.4. The minimum Gasteiger partial charge on any atom is -0.476 e. The molecule has 0 fully saturated rings. The van der Waals surface area contributed by atoms with E-state index in [1.165, 1.54) is 4.31 Å². The number of anilines is 2. The van der Waals surface area contributed by atoms with Crippen molar-refractivity contribution in [2.45, 2.75) is 38.7 Å². The summed E-state index contributed by atoms with van der Waals surface area (Å²) in [6.45, 7) is 7.63. The first kappa shape index (κ1) is 21.9. The quantitative estimate of drug-likeness (QED) is 0.634. The maximum atomic E-state index is 13.5. The Morgan fingerprint density at radius 2 is 1.59 bits per heavy atom. The molecule has 4 rings (SSSR count). The number of benzene rings is 3. The number of carbonyl (C=O) groups is 1. The van der Waals surface area contributed by atoms with Crippen molar-refractivity contribution in [2.24, 2.45) is 0 Å². The molecular formula is C25H26N2O4S. The first-order valence-electron chi connectivity index (χ1n) is 10.4. The van der Waals surface area contributed by atoms with Gasteiger partial charge in [-0.15, -0.1) is 0 Å². The van der Waals surface area contributed by atoms with Gasteiger partial charge in [0.15, 0.2) is 6.10 Å². The zero-order chi connectivity index (χ0) is 23.0. The minimum absolute atomic E-state index is 0.122. The molecule has 1 aliphatic rings. The van der Waals surface area contributed by atoms with E-state index in [-0.39, 0.29) is 11.4 Å². The summed E-state index contributed by atoms with van der Waals surface area (Å²) in [6, 6.07) is 17.6. The number of sulfonamides is 1. The lowest BCUT2D eigenvalue weighted by Crippen LogP contribution is -2.48. The summed E-state index contributed by atoms with van der Waals surface area (Å²) < 4.78 is 34.2. The number of nitrogens with one attached hydrogen (secondary N) is 1. The Morgan fingerprint density at radius 3 is 2.28 bits per heavy atom. The van der Waals surface area contributed by atoms with Gasteiger partial charge < -0.3 is 10.1 Å². The fourth-order valence-corrected chi connectivity index (χ4v) is 5.07. The van der Waals surface area contributed by atoms with Crippen molar-refractivity contribution in [3.05, 3.63) is 82.9 Å². The number of aryl methyl sites for hydroxylation is 4. The maximum Gasteiger partial charge on any atom is 0.267 e. The molecule has 0 bridgehead atoms. The molecule has 7 heteroatoms. The highest BCUT2D eigenvalue weighted by Crippen LogP contribution is 2.38. The van der Waals surface area contributed by atoms with E-state index in [2.05, 4.69) is 5.32 Å². The van der Waals surface area contributed by atoms with Crippen molar-refractivity contribution in [2.75, 3.05) is 16.2 Å². The van der Waals surface area contributed by atoms with E-state index in [4.69, 9.17) is 4.74 Å². The lowest BCUT2D eigenvalue weighted by atomic mass is 10.1. The van der Waals surface area contributed by atoms with Crippen LogP contribution in [0.25, 0.3) is 0 Å². The third-order valence-corrected chi connectivity index (χ3v) is 7.45. The van der Waals surface area contributed by atoms with Gasteiger partial charge in [-0.05, 0) is 80.8 Å². The van der Waals surface area contributed by atoms with Gasteiger partial charge in [0.05, 0.1) is 17.1 Å². The molecule has 166 valence electrons. The molecule has 1 atom stereocenters. The van der Waals surface area contributed by atoms with E-state index in [1.54, 1.807) is 36.4 Å². The zero-order valence-electron chi connectivity index (χ0n) is 18.5. The molecule has 1 heterocycles. The third-order valence-electron chi connectivity index (χ3n) is 5.66. The standard InChI is InChI=1S/C25H26N2O4S/c1-16-5-10-21(11-6-16)32(29,30)27-15-24(31-23-12-7-17(2)13-22(23)27)25(28)26-20-9-8-18(3)19(4)14-20/h5-14,24H,15H2,1-4H3,(H,26,28)/t24-/m0/s1. The van der Waals surface area contributed by atoms with Crippen molar-refractivity contribution < 1.29 is 17.9 Å². The van der Waals surface area contributed by atoms with Gasteiger partial charge in [0.1, 0.15) is 5.75 Å². The second-order valence-electron chi connectivity index (χ2n) is 8.22. The fourth-order valence-electron chi connectivity index (χ4n) is 3.60. The largest absolute Gasteiger partial charge is 0.476 e. The summed E-state index contributed by atoms with van der Waals surface area (Å²) in [5.41, 5.74) is 5.11. The highest BCUT2D eigenvalue weighted by Gasteiger charge is 2.37. The monoisotopic (exact) mass is 450 g/mol. The highest BCUT2D eigenvalue weighted by molar-refractivity contribution is 7.92. The summed E-state index contributed by atoms with van der Waals surface area (Å²) in [4.78, 5) is 13.2. The van der Waals surface area contributed by atoms with Crippen molar-refractivity contribution in [1.29, 1.82) is 0 Å². The van der Waals surface area contributed by atoms with Gasteiger partial charge in [0.25, 0.3) is 15.9 Å². The van der Waals surface area contributed by atoms with E-state index < -0.39 is 22.0 Å². The molecule has 3 aromatic carbocycles. The lowest BCUT2D eigenvalue weighted by molar-refractivity contribution is -0.122. The van der Waals surface area contributed by atoms with Crippen LogP contribution in [0, 0.1) is 27.7 Å². The van der Waals surface area contributed by atoms with Crippen LogP contribution in [0.5, 0.6) is 5.75 Å². The van der Waals surface area contributed by atoms with E-state index in [0.29, 0.717) is 17.1 Å². The van der Waals surface area contributed by atoms with Gasteiger partial charge in [-0.2, -0.15) is 0 Å². The Balaban J connectivity index is 1.69. The number of fused-ring (bicyclic) bond motifs is 1. The van der Waals surface area contributed by atoms with Gasteiger partial charge in [-0.25, -0.2) is 8.42 Å². The second-order valence-corrected chi connectivity index (χ2v) is 10.1. The van der Waals surface area contributed by atoms with Crippen LogP contribution in [0.4, 0.5) is 11.4 Å². The van der Waals surface area contributed by atoms with E-state index >= 15 is 0 Å². The molecule has 32 heavy (non-hydrogen) atoms. The Morgan fingerprint density at radius 1 is 0.906 bits per heavy atom. The van der Waals surface area contributed by atoms with Crippen LogP contribution in [-0.4, -0.2) is 27.0 Å². The molecule has 0 aromatic heterocycles. The molecule has 6 nitrogen and oxygen atoms in total. The third kappa shape index (κ3) is 4.21. The minimum atomic E-state index is -3.89. The van der Waals surface area contributed by atoms with E-state index in [0.717, 1.165) is 22.3 Å². The van der Waals surface area contributed by atoms with Crippen LogP contribution >= 0.6 is 0 Å². The Bertz CT molecular complexity index is 1280. The van der Waals surface area contributed by atoms with Crippen molar-refractivity contribution in [3.8, 4) is 5.75 Å². The van der Waals surface area contributed by atoms with Crippen LogP contribution in [0.15, 0.2) is 65.6 Å². The number of nitrogens with zero attached hydrogens (tertiary/aromatic N) is 1. The molecule has 0 unspecified atom stereocenters. The van der Waals surface area contributed by atoms with E-state index in [9.17, 15) is 13.2 Å². The second kappa shape index (κ2) is 8.31. The van der Waals surface area contributed by atoms with Crippen LogP contribution in [0.2, 0.25) is 0 Å². The van der Waals surface area contributed by atoms with Gasteiger partial charge >= 0.3 is 0 Å².